The molecular weight excluding hydrogens is 372 g/mol. The summed E-state index contributed by atoms with van der Waals surface area (Å²) in [6, 6.07) is 15.0. The van der Waals surface area contributed by atoms with E-state index in [1.807, 2.05) is 48.5 Å². The van der Waals surface area contributed by atoms with Crippen molar-refractivity contribution >= 4 is 40.9 Å². The summed E-state index contributed by atoms with van der Waals surface area (Å²) in [6.45, 7) is 2.06. The van der Waals surface area contributed by atoms with Crippen LogP contribution in [0, 0.1) is 0 Å². The lowest BCUT2D eigenvalue weighted by Gasteiger charge is -2.28. The number of benzene rings is 2. The number of allylic oxidation sites excluding steroid dienone is 2. The number of hydrogen-bond acceptors (Lipinski definition) is 4. The summed E-state index contributed by atoms with van der Waals surface area (Å²) in [4.78, 5) is 26.5. The van der Waals surface area contributed by atoms with Crippen LogP contribution in [0.2, 0.25) is 0 Å². The van der Waals surface area contributed by atoms with Crippen LogP contribution in [-0.4, -0.2) is 24.0 Å². The molecule has 1 aliphatic rings. The van der Waals surface area contributed by atoms with Crippen LogP contribution < -0.4 is 15.0 Å². The summed E-state index contributed by atoms with van der Waals surface area (Å²) in [5.41, 5.74) is 2.72. The molecule has 2 aromatic rings. The molecule has 3 rings (SSSR count). The van der Waals surface area contributed by atoms with E-state index in [9.17, 15) is 9.59 Å². The van der Waals surface area contributed by atoms with E-state index in [0.29, 0.717) is 5.69 Å². The Morgan fingerprint density at radius 2 is 1.75 bits per heavy atom. The number of amides is 2. The SMILES string of the molecule is CCc1ccc(N2C(=O)C(=CC=Cc3ccc(OC)cc3)C(=O)NC2=S)cc1. The molecule has 0 atom stereocenters. The smallest absolute Gasteiger partial charge is 0.270 e. The van der Waals surface area contributed by atoms with Gasteiger partial charge in [0.05, 0.1) is 12.8 Å². The van der Waals surface area contributed by atoms with Gasteiger partial charge < -0.3 is 4.74 Å². The molecule has 1 aliphatic heterocycles. The topological polar surface area (TPSA) is 58.6 Å². The van der Waals surface area contributed by atoms with Gasteiger partial charge in [-0.3, -0.25) is 19.8 Å². The summed E-state index contributed by atoms with van der Waals surface area (Å²) in [6.07, 6.45) is 5.87. The lowest BCUT2D eigenvalue weighted by Crippen LogP contribution is -2.54. The molecule has 0 radical (unpaired) electrons. The number of rotatable bonds is 5. The molecule has 1 fully saturated rings. The quantitative estimate of drug-likeness (QED) is 0.479. The van der Waals surface area contributed by atoms with E-state index >= 15 is 0 Å². The molecule has 0 saturated carbocycles. The fraction of sp³-hybridized carbons (Fsp3) is 0.136. The molecular formula is C22H20N2O3S. The minimum absolute atomic E-state index is 0.0259. The fourth-order valence-electron chi connectivity index (χ4n) is 2.76. The van der Waals surface area contributed by atoms with Gasteiger partial charge in [0.25, 0.3) is 11.8 Å². The second kappa shape index (κ2) is 8.63. The Kier molecular flexibility index (Phi) is 6.01. The molecule has 0 spiro atoms. The van der Waals surface area contributed by atoms with Crippen LogP contribution in [0.3, 0.4) is 0 Å². The van der Waals surface area contributed by atoms with Crippen molar-refractivity contribution in [3.8, 4) is 5.75 Å². The van der Waals surface area contributed by atoms with E-state index in [1.54, 1.807) is 19.3 Å². The Hall–Kier alpha value is -3.25. The van der Waals surface area contributed by atoms with Gasteiger partial charge >= 0.3 is 0 Å². The van der Waals surface area contributed by atoms with Gasteiger partial charge in [0, 0.05) is 0 Å². The van der Waals surface area contributed by atoms with Crippen molar-refractivity contribution in [1.29, 1.82) is 0 Å². The van der Waals surface area contributed by atoms with E-state index in [1.165, 1.54) is 11.0 Å². The lowest BCUT2D eigenvalue weighted by atomic mass is 10.1. The number of nitrogens with zero attached hydrogens (tertiary/aromatic N) is 1. The van der Waals surface area contributed by atoms with Crippen LogP contribution in [0.25, 0.3) is 6.08 Å². The second-order valence-electron chi connectivity index (χ2n) is 6.13. The molecule has 142 valence electrons. The highest BCUT2D eigenvalue weighted by Crippen LogP contribution is 2.21. The monoisotopic (exact) mass is 392 g/mol. The van der Waals surface area contributed by atoms with Crippen molar-refractivity contribution < 1.29 is 14.3 Å². The number of carbonyl (C=O) groups is 2. The molecule has 0 aliphatic carbocycles. The Bertz CT molecular complexity index is 960. The zero-order chi connectivity index (χ0) is 20.1. The molecule has 2 aromatic carbocycles. The minimum atomic E-state index is -0.504. The number of aryl methyl sites for hydroxylation is 1. The third-order valence-electron chi connectivity index (χ3n) is 4.37. The summed E-state index contributed by atoms with van der Waals surface area (Å²) < 4.78 is 5.12. The molecule has 2 amide bonds. The van der Waals surface area contributed by atoms with E-state index in [2.05, 4.69) is 12.2 Å². The van der Waals surface area contributed by atoms with Crippen LogP contribution in [-0.2, 0) is 16.0 Å². The predicted octanol–water partition coefficient (Wildman–Crippen LogP) is 3.65. The lowest BCUT2D eigenvalue weighted by molar-refractivity contribution is -0.122. The standard InChI is InChI=1S/C22H20N2O3S/c1-3-15-7-11-17(12-8-15)24-21(26)19(20(25)23-22(24)28)6-4-5-16-9-13-18(27-2)14-10-16/h4-14H,3H2,1-2H3,(H,23,25,28). The van der Waals surface area contributed by atoms with E-state index in [-0.39, 0.29) is 10.7 Å². The first kappa shape index (κ1) is 19.5. The zero-order valence-electron chi connectivity index (χ0n) is 15.6. The van der Waals surface area contributed by atoms with Gasteiger partial charge in [-0.1, -0.05) is 43.3 Å². The first-order valence-electron chi connectivity index (χ1n) is 8.84. The maximum atomic E-state index is 12.9. The van der Waals surface area contributed by atoms with Gasteiger partial charge in [-0.05, 0) is 60.1 Å². The molecule has 0 unspecified atom stereocenters. The van der Waals surface area contributed by atoms with Crippen LogP contribution in [0.1, 0.15) is 18.1 Å². The first-order valence-corrected chi connectivity index (χ1v) is 9.25. The van der Waals surface area contributed by atoms with Gasteiger partial charge in [-0.2, -0.15) is 0 Å². The maximum absolute atomic E-state index is 12.9. The Morgan fingerprint density at radius 1 is 1.07 bits per heavy atom. The molecule has 0 aromatic heterocycles. The highest BCUT2D eigenvalue weighted by atomic mass is 32.1. The van der Waals surface area contributed by atoms with Crippen LogP contribution in [0.15, 0.2) is 66.3 Å². The van der Waals surface area contributed by atoms with Crippen molar-refractivity contribution in [3.63, 3.8) is 0 Å². The number of carbonyl (C=O) groups excluding carboxylic acids is 2. The molecule has 1 N–H and O–H groups in total. The maximum Gasteiger partial charge on any atom is 0.270 e. The van der Waals surface area contributed by atoms with E-state index in [4.69, 9.17) is 17.0 Å². The van der Waals surface area contributed by atoms with Gasteiger partial charge in [0.15, 0.2) is 5.11 Å². The van der Waals surface area contributed by atoms with Crippen LogP contribution >= 0.6 is 12.2 Å². The summed E-state index contributed by atoms with van der Waals surface area (Å²) in [5, 5.41) is 2.66. The molecule has 28 heavy (non-hydrogen) atoms. The average molecular weight is 392 g/mol. The molecule has 1 saturated heterocycles. The van der Waals surface area contributed by atoms with E-state index < -0.39 is 11.8 Å². The number of hydrogen-bond donors (Lipinski definition) is 1. The van der Waals surface area contributed by atoms with Gasteiger partial charge in [0.2, 0.25) is 0 Å². The number of anilines is 1. The fourth-order valence-corrected chi connectivity index (χ4v) is 3.04. The predicted molar refractivity (Wildman–Crippen MR) is 114 cm³/mol. The zero-order valence-corrected chi connectivity index (χ0v) is 16.5. The highest BCUT2D eigenvalue weighted by Gasteiger charge is 2.33. The van der Waals surface area contributed by atoms with Gasteiger partial charge in [-0.15, -0.1) is 0 Å². The Labute approximate surface area is 169 Å². The molecule has 1 heterocycles. The summed E-state index contributed by atoms with van der Waals surface area (Å²) in [5.74, 6) is -0.191. The van der Waals surface area contributed by atoms with Crippen molar-refractivity contribution in [2.45, 2.75) is 13.3 Å². The Balaban J connectivity index is 1.83. The third-order valence-corrected chi connectivity index (χ3v) is 4.66. The average Bonchev–Trinajstić information content (AvgIpc) is 2.71. The minimum Gasteiger partial charge on any atom is -0.497 e. The Morgan fingerprint density at radius 3 is 2.36 bits per heavy atom. The number of methoxy groups -OCH3 is 1. The third kappa shape index (κ3) is 4.18. The normalized spacial score (nSPS) is 16.0. The molecule has 5 nitrogen and oxygen atoms in total. The van der Waals surface area contributed by atoms with Crippen LogP contribution in [0.4, 0.5) is 5.69 Å². The molecule has 0 bridgehead atoms. The van der Waals surface area contributed by atoms with Crippen LogP contribution in [0.5, 0.6) is 5.75 Å². The van der Waals surface area contributed by atoms with Crippen molar-refractivity contribution in [2.75, 3.05) is 12.0 Å². The number of thiocarbonyl (C=S) groups is 1. The van der Waals surface area contributed by atoms with Gasteiger partial charge in [-0.25, -0.2) is 0 Å². The first-order chi connectivity index (χ1) is 13.5. The van der Waals surface area contributed by atoms with Gasteiger partial charge in [0.1, 0.15) is 11.3 Å². The van der Waals surface area contributed by atoms with Crippen molar-refractivity contribution in [2.24, 2.45) is 0 Å². The van der Waals surface area contributed by atoms with Crippen molar-refractivity contribution in [3.05, 3.63) is 77.4 Å². The largest absolute Gasteiger partial charge is 0.497 e. The van der Waals surface area contributed by atoms with E-state index in [0.717, 1.165) is 23.3 Å². The van der Waals surface area contributed by atoms with Crippen molar-refractivity contribution in [1.82, 2.24) is 5.32 Å². The highest BCUT2D eigenvalue weighted by molar-refractivity contribution is 7.80. The summed E-state index contributed by atoms with van der Waals surface area (Å²) in [7, 11) is 1.61. The number of nitrogens with one attached hydrogen (secondary N) is 1. The molecule has 6 heteroatoms. The second-order valence-corrected chi connectivity index (χ2v) is 6.52. The number of ether oxygens (including phenoxy) is 1. The summed E-state index contributed by atoms with van der Waals surface area (Å²) >= 11 is 5.21.